The van der Waals surface area contributed by atoms with Gasteiger partial charge in [0, 0.05) is 5.75 Å². The third-order valence-electron chi connectivity index (χ3n) is 1.81. The number of benzene rings is 1. The maximum absolute atomic E-state index is 7.02. The van der Waals surface area contributed by atoms with E-state index < -0.39 is 0 Å². The Morgan fingerprint density at radius 3 is 2.56 bits per heavy atom. The molecule has 3 N–H and O–H groups in total. The van der Waals surface area contributed by atoms with Crippen LogP contribution in [0.1, 0.15) is 12.8 Å². The first-order chi connectivity index (χ1) is 7.29. The number of ether oxygens (including phenoxy) is 1. The zero-order chi connectivity index (χ0) is 10.9. The molecule has 0 radical (unpaired) electrons. The van der Waals surface area contributed by atoms with E-state index in [1.807, 2.05) is 30.3 Å². The SMILES string of the molecule is Br.N=C(N)SCCCCOc1ccccc1. The maximum Gasteiger partial charge on any atom is 0.151 e. The van der Waals surface area contributed by atoms with E-state index in [-0.39, 0.29) is 22.1 Å². The molecule has 3 nitrogen and oxygen atoms in total. The molecule has 0 saturated carbocycles. The van der Waals surface area contributed by atoms with Crippen LogP contribution in [0.5, 0.6) is 5.75 Å². The van der Waals surface area contributed by atoms with Crippen LogP contribution in [-0.2, 0) is 0 Å². The molecule has 0 aliphatic carbocycles. The van der Waals surface area contributed by atoms with Crippen molar-refractivity contribution < 1.29 is 4.74 Å². The smallest absolute Gasteiger partial charge is 0.151 e. The highest BCUT2D eigenvalue weighted by atomic mass is 79.9. The van der Waals surface area contributed by atoms with Gasteiger partial charge in [-0.3, -0.25) is 5.41 Å². The summed E-state index contributed by atoms with van der Waals surface area (Å²) in [6, 6.07) is 9.78. The molecule has 0 aliphatic rings. The Bertz CT molecular complexity index is 295. The van der Waals surface area contributed by atoms with Gasteiger partial charge in [-0.05, 0) is 25.0 Å². The Labute approximate surface area is 111 Å². The van der Waals surface area contributed by atoms with Gasteiger partial charge in [-0.25, -0.2) is 0 Å². The lowest BCUT2D eigenvalue weighted by molar-refractivity contribution is 0.310. The molecular weight excluding hydrogens is 288 g/mol. The lowest BCUT2D eigenvalue weighted by atomic mass is 10.3. The normalized spacial score (nSPS) is 9.25. The average molecular weight is 305 g/mol. The van der Waals surface area contributed by atoms with E-state index in [1.54, 1.807) is 0 Å². The monoisotopic (exact) mass is 304 g/mol. The number of para-hydroxylation sites is 1. The molecule has 1 rings (SSSR count). The summed E-state index contributed by atoms with van der Waals surface area (Å²) in [7, 11) is 0. The number of hydrogen-bond donors (Lipinski definition) is 2. The van der Waals surface area contributed by atoms with Crippen molar-refractivity contribution >= 4 is 33.9 Å². The van der Waals surface area contributed by atoms with Gasteiger partial charge in [0.1, 0.15) is 5.75 Å². The molecule has 1 aromatic rings. The van der Waals surface area contributed by atoms with Crippen molar-refractivity contribution in [3.8, 4) is 5.75 Å². The van der Waals surface area contributed by atoms with Crippen LogP contribution in [0.25, 0.3) is 0 Å². The van der Waals surface area contributed by atoms with Crippen molar-refractivity contribution in [2.75, 3.05) is 12.4 Å². The fourth-order valence-corrected chi connectivity index (χ4v) is 1.66. The molecule has 0 fully saturated rings. The summed E-state index contributed by atoms with van der Waals surface area (Å²) in [5, 5.41) is 7.21. The Balaban J connectivity index is 0.00000225. The van der Waals surface area contributed by atoms with Gasteiger partial charge in [0.25, 0.3) is 0 Å². The second-order valence-electron chi connectivity index (χ2n) is 3.08. The van der Waals surface area contributed by atoms with Crippen molar-refractivity contribution in [3.63, 3.8) is 0 Å². The third kappa shape index (κ3) is 7.59. The number of unbranched alkanes of at least 4 members (excludes halogenated alkanes) is 1. The second kappa shape index (κ2) is 9.54. The van der Waals surface area contributed by atoms with E-state index in [2.05, 4.69) is 0 Å². The molecule has 0 heterocycles. The van der Waals surface area contributed by atoms with E-state index in [9.17, 15) is 0 Å². The molecule has 0 spiro atoms. The molecule has 0 atom stereocenters. The summed E-state index contributed by atoms with van der Waals surface area (Å²) in [4.78, 5) is 0. The molecule has 0 saturated heterocycles. The Hall–Kier alpha value is -0.680. The second-order valence-corrected chi connectivity index (χ2v) is 4.22. The zero-order valence-electron chi connectivity index (χ0n) is 9.02. The number of halogens is 1. The van der Waals surface area contributed by atoms with Crippen LogP contribution in [0.4, 0.5) is 0 Å². The third-order valence-corrected chi connectivity index (χ3v) is 2.61. The standard InChI is InChI=1S/C11H16N2OS.BrH/c12-11(13)15-9-5-4-8-14-10-6-2-1-3-7-10;/h1-3,6-7H,4-5,8-9H2,(H3,12,13);1H. The lowest BCUT2D eigenvalue weighted by Crippen LogP contribution is -2.05. The first kappa shape index (κ1) is 15.3. The number of rotatable bonds is 6. The quantitative estimate of drug-likeness (QED) is 0.482. The van der Waals surface area contributed by atoms with Crippen LogP contribution < -0.4 is 10.5 Å². The topological polar surface area (TPSA) is 59.1 Å². The van der Waals surface area contributed by atoms with Gasteiger partial charge in [0.05, 0.1) is 6.61 Å². The Morgan fingerprint density at radius 1 is 1.25 bits per heavy atom. The van der Waals surface area contributed by atoms with Gasteiger partial charge in [-0.2, -0.15) is 0 Å². The van der Waals surface area contributed by atoms with E-state index >= 15 is 0 Å². The molecule has 0 bridgehead atoms. The van der Waals surface area contributed by atoms with Crippen molar-refractivity contribution in [1.29, 1.82) is 5.41 Å². The van der Waals surface area contributed by atoms with Crippen LogP contribution in [0, 0.1) is 5.41 Å². The molecule has 0 unspecified atom stereocenters. The highest BCUT2D eigenvalue weighted by Gasteiger charge is 1.94. The first-order valence-corrected chi connectivity index (χ1v) is 5.92. The first-order valence-electron chi connectivity index (χ1n) is 4.93. The van der Waals surface area contributed by atoms with Crippen molar-refractivity contribution in [1.82, 2.24) is 0 Å². The summed E-state index contributed by atoms with van der Waals surface area (Å²) in [6.45, 7) is 0.725. The summed E-state index contributed by atoms with van der Waals surface area (Å²) in [6.07, 6.45) is 2.02. The fourth-order valence-electron chi connectivity index (χ4n) is 1.09. The van der Waals surface area contributed by atoms with Crippen LogP contribution in [0.3, 0.4) is 0 Å². The molecule has 1 aromatic carbocycles. The summed E-state index contributed by atoms with van der Waals surface area (Å²) in [5.41, 5.74) is 5.21. The van der Waals surface area contributed by atoms with Crippen molar-refractivity contribution in [2.45, 2.75) is 12.8 Å². The van der Waals surface area contributed by atoms with Gasteiger partial charge >= 0.3 is 0 Å². The molecule has 16 heavy (non-hydrogen) atoms. The average Bonchev–Trinajstić information content (AvgIpc) is 2.24. The molecule has 0 amide bonds. The highest BCUT2D eigenvalue weighted by Crippen LogP contribution is 2.09. The Kier molecular flexibility index (Phi) is 9.13. The van der Waals surface area contributed by atoms with Crippen LogP contribution in [-0.4, -0.2) is 17.5 Å². The number of amidine groups is 1. The largest absolute Gasteiger partial charge is 0.494 e. The zero-order valence-corrected chi connectivity index (χ0v) is 11.5. The molecule has 90 valence electrons. The molecule has 0 aliphatic heterocycles. The maximum atomic E-state index is 7.02. The molecule has 0 aromatic heterocycles. The number of nitrogens with one attached hydrogen (secondary N) is 1. The van der Waals surface area contributed by atoms with Gasteiger partial charge in [-0.1, -0.05) is 30.0 Å². The minimum Gasteiger partial charge on any atom is -0.494 e. The van der Waals surface area contributed by atoms with Gasteiger partial charge in [0.2, 0.25) is 0 Å². The van der Waals surface area contributed by atoms with E-state index in [0.29, 0.717) is 0 Å². The van der Waals surface area contributed by atoms with Crippen LogP contribution >= 0.6 is 28.7 Å². The Morgan fingerprint density at radius 2 is 1.94 bits per heavy atom. The predicted molar refractivity (Wildman–Crippen MR) is 75.9 cm³/mol. The van der Waals surface area contributed by atoms with E-state index in [0.717, 1.165) is 31.0 Å². The van der Waals surface area contributed by atoms with Crippen molar-refractivity contribution in [3.05, 3.63) is 30.3 Å². The minimum atomic E-state index is 0. The highest BCUT2D eigenvalue weighted by molar-refractivity contribution is 8.93. The van der Waals surface area contributed by atoms with Gasteiger partial charge < -0.3 is 10.5 Å². The van der Waals surface area contributed by atoms with E-state index in [4.69, 9.17) is 15.9 Å². The van der Waals surface area contributed by atoms with Crippen molar-refractivity contribution in [2.24, 2.45) is 5.73 Å². The van der Waals surface area contributed by atoms with Gasteiger partial charge in [0.15, 0.2) is 5.17 Å². The summed E-state index contributed by atoms with van der Waals surface area (Å²) in [5.74, 6) is 1.81. The summed E-state index contributed by atoms with van der Waals surface area (Å²) < 4.78 is 5.52. The lowest BCUT2D eigenvalue weighted by Gasteiger charge is -2.05. The van der Waals surface area contributed by atoms with Gasteiger partial charge in [-0.15, -0.1) is 17.0 Å². The van der Waals surface area contributed by atoms with Crippen LogP contribution in [0.2, 0.25) is 0 Å². The predicted octanol–water partition coefficient (Wildman–Crippen LogP) is 3.05. The molecule has 5 heteroatoms. The number of nitrogens with two attached hydrogens (primary N) is 1. The summed E-state index contributed by atoms with van der Waals surface area (Å²) >= 11 is 1.38. The number of thioether (sulfide) groups is 1. The van der Waals surface area contributed by atoms with Crippen LogP contribution in [0.15, 0.2) is 30.3 Å². The molecular formula is C11H17BrN2OS. The number of hydrogen-bond acceptors (Lipinski definition) is 3. The van der Waals surface area contributed by atoms with E-state index in [1.165, 1.54) is 11.8 Å². The minimum absolute atomic E-state index is 0. The fraction of sp³-hybridized carbons (Fsp3) is 0.364.